The van der Waals surface area contributed by atoms with E-state index in [0.29, 0.717) is 4.57 Å². The maximum atomic E-state index is 13.8. The van der Waals surface area contributed by atoms with Gasteiger partial charge in [0.25, 0.3) is 0 Å². The molecule has 0 atom stereocenters. The van der Waals surface area contributed by atoms with Crippen molar-refractivity contribution in [3.05, 3.63) is 57.0 Å². The van der Waals surface area contributed by atoms with Crippen LogP contribution < -0.4 is 11.4 Å². The van der Waals surface area contributed by atoms with Crippen molar-refractivity contribution in [2.45, 2.75) is 6.54 Å². The summed E-state index contributed by atoms with van der Waals surface area (Å²) < 4.78 is 41.9. The van der Waals surface area contributed by atoms with Crippen LogP contribution in [0.4, 0.5) is 13.2 Å². The van der Waals surface area contributed by atoms with Gasteiger partial charge in [0.15, 0.2) is 11.6 Å². The normalized spacial score (nSPS) is 12.0. The highest BCUT2D eigenvalue weighted by molar-refractivity contribution is 9.10. The molecule has 21 heavy (non-hydrogen) atoms. The lowest BCUT2D eigenvalue weighted by molar-refractivity contribution is 0.561. The topological polar surface area (TPSA) is 65.8 Å². The molecule has 0 amide bonds. The van der Waals surface area contributed by atoms with Gasteiger partial charge in [-0.15, -0.1) is 0 Å². The summed E-state index contributed by atoms with van der Waals surface area (Å²) in [6.07, 6.45) is 1.23. The number of hydrogen-bond acceptors (Lipinski definition) is 3. The van der Waals surface area contributed by atoms with Gasteiger partial charge >= 0.3 is 5.69 Å². The van der Waals surface area contributed by atoms with E-state index in [-0.39, 0.29) is 29.5 Å². The Bertz CT molecular complexity index is 730. The average molecular weight is 363 g/mol. The molecule has 2 rings (SSSR count). The molecule has 112 valence electrons. The Labute approximate surface area is 125 Å². The monoisotopic (exact) mass is 362 g/mol. The van der Waals surface area contributed by atoms with Crippen molar-refractivity contribution in [1.82, 2.24) is 14.3 Å². The Morgan fingerprint density at radius 3 is 2.52 bits per heavy atom. The fourth-order valence-electron chi connectivity index (χ4n) is 1.70. The average Bonchev–Trinajstić information content (AvgIpc) is 2.77. The molecular weight excluding hydrogens is 353 g/mol. The first-order chi connectivity index (χ1) is 9.97. The Morgan fingerprint density at radius 2 is 2.00 bits per heavy atom. The zero-order valence-electron chi connectivity index (χ0n) is 10.6. The molecule has 1 heterocycles. The largest absolute Gasteiger partial charge is 0.350 e. The summed E-state index contributed by atoms with van der Waals surface area (Å²) in [5, 5.41) is 3.69. The van der Waals surface area contributed by atoms with Crippen LogP contribution in [0.1, 0.15) is 0 Å². The van der Waals surface area contributed by atoms with Crippen molar-refractivity contribution in [2.24, 2.45) is 5.73 Å². The molecule has 1 aromatic heterocycles. The predicted octanol–water partition coefficient (Wildman–Crippen LogP) is 1.89. The van der Waals surface area contributed by atoms with Crippen molar-refractivity contribution in [3.63, 3.8) is 0 Å². The van der Waals surface area contributed by atoms with E-state index in [4.69, 9.17) is 5.73 Å². The molecule has 0 unspecified atom stereocenters. The van der Waals surface area contributed by atoms with Gasteiger partial charge in [-0.05, 0) is 17.7 Å². The van der Waals surface area contributed by atoms with Gasteiger partial charge in [0.05, 0.1) is 12.9 Å². The molecule has 0 fully saturated rings. The van der Waals surface area contributed by atoms with E-state index in [1.165, 1.54) is 0 Å². The lowest BCUT2D eigenvalue weighted by Crippen LogP contribution is -2.26. The van der Waals surface area contributed by atoms with Gasteiger partial charge in [-0.3, -0.25) is 0 Å². The number of benzene rings is 1. The van der Waals surface area contributed by atoms with Crippen molar-refractivity contribution in [3.8, 4) is 5.69 Å². The van der Waals surface area contributed by atoms with E-state index in [1.54, 1.807) is 0 Å². The SMILES string of the molecule is NC/C(=C\F)Cn1ncn(-c2c(F)cc(Br)cc2F)c1=O. The maximum Gasteiger partial charge on any atom is 0.350 e. The van der Waals surface area contributed by atoms with E-state index in [0.717, 1.165) is 23.1 Å². The smallest absolute Gasteiger partial charge is 0.327 e. The first-order valence-electron chi connectivity index (χ1n) is 5.75. The highest BCUT2D eigenvalue weighted by Crippen LogP contribution is 2.21. The van der Waals surface area contributed by atoms with E-state index in [1.807, 2.05) is 0 Å². The molecule has 0 radical (unpaired) electrons. The minimum atomic E-state index is -0.927. The molecule has 0 spiro atoms. The molecule has 1 aromatic carbocycles. The summed E-state index contributed by atoms with van der Waals surface area (Å²) in [6, 6.07) is 2.05. The quantitative estimate of drug-likeness (QED) is 0.902. The van der Waals surface area contributed by atoms with Crippen molar-refractivity contribution in [1.29, 1.82) is 0 Å². The zero-order valence-corrected chi connectivity index (χ0v) is 12.1. The van der Waals surface area contributed by atoms with Crippen LogP contribution >= 0.6 is 15.9 Å². The van der Waals surface area contributed by atoms with E-state index < -0.39 is 23.0 Å². The molecule has 0 bridgehead atoms. The second kappa shape index (κ2) is 6.27. The van der Waals surface area contributed by atoms with Gasteiger partial charge in [0.1, 0.15) is 12.0 Å². The molecule has 9 heteroatoms. The van der Waals surface area contributed by atoms with Crippen LogP contribution in [0, 0.1) is 11.6 Å². The first-order valence-corrected chi connectivity index (χ1v) is 6.54. The molecular formula is C12H10BrF3N4O. The summed E-state index contributed by atoms with van der Waals surface area (Å²) in [5.41, 5.74) is 4.05. The van der Waals surface area contributed by atoms with Gasteiger partial charge < -0.3 is 5.73 Å². The third-order valence-electron chi connectivity index (χ3n) is 2.73. The molecule has 0 aliphatic carbocycles. The van der Waals surface area contributed by atoms with Crippen LogP contribution in [0.15, 0.2) is 39.6 Å². The summed E-state index contributed by atoms with van der Waals surface area (Å²) >= 11 is 2.94. The molecule has 0 saturated heterocycles. The molecule has 2 aromatic rings. The van der Waals surface area contributed by atoms with Crippen molar-refractivity contribution < 1.29 is 13.2 Å². The second-order valence-electron chi connectivity index (χ2n) is 4.13. The van der Waals surface area contributed by atoms with Crippen LogP contribution in [0.2, 0.25) is 0 Å². The molecule has 0 aliphatic rings. The molecule has 0 aliphatic heterocycles. The Balaban J connectivity index is 2.49. The van der Waals surface area contributed by atoms with Gasteiger partial charge in [-0.2, -0.15) is 5.10 Å². The van der Waals surface area contributed by atoms with E-state index in [9.17, 15) is 18.0 Å². The summed E-state index contributed by atoms with van der Waals surface area (Å²) in [5.74, 6) is -1.85. The number of nitrogens with zero attached hydrogens (tertiary/aromatic N) is 3. The van der Waals surface area contributed by atoms with E-state index in [2.05, 4.69) is 21.0 Å². The minimum absolute atomic E-state index is 0.100. The lowest BCUT2D eigenvalue weighted by Gasteiger charge is -2.05. The molecule has 0 saturated carbocycles. The van der Waals surface area contributed by atoms with Gasteiger partial charge in [-0.25, -0.2) is 27.2 Å². The van der Waals surface area contributed by atoms with Crippen molar-refractivity contribution >= 4 is 15.9 Å². The molecule has 2 N–H and O–H groups in total. The van der Waals surface area contributed by atoms with Crippen LogP contribution in [-0.2, 0) is 6.54 Å². The van der Waals surface area contributed by atoms with Crippen LogP contribution in [0.5, 0.6) is 0 Å². The maximum absolute atomic E-state index is 13.8. The fourth-order valence-corrected chi connectivity index (χ4v) is 2.10. The zero-order chi connectivity index (χ0) is 15.6. The second-order valence-corrected chi connectivity index (χ2v) is 5.05. The van der Waals surface area contributed by atoms with Crippen LogP contribution in [-0.4, -0.2) is 20.9 Å². The molecule has 5 nitrogen and oxygen atoms in total. The highest BCUT2D eigenvalue weighted by atomic mass is 79.9. The van der Waals surface area contributed by atoms with E-state index >= 15 is 0 Å². The predicted molar refractivity (Wildman–Crippen MR) is 73.7 cm³/mol. The lowest BCUT2D eigenvalue weighted by atomic mass is 10.3. The number of halogens is 4. The number of rotatable bonds is 4. The summed E-state index contributed by atoms with van der Waals surface area (Å²) in [7, 11) is 0. The third kappa shape index (κ3) is 3.08. The first kappa shape index (κ1) is 15.5. The minimum Gasteiger partial charge on any atom is -0.327 e. The Morgan fingerprint density at radius 1 is 1.38 bits per heavy atom. The number of nitrogens with two attached hydrogens (primary N) is 1. The van der Waals surface area contributed by atoms with Crippen LogP contribution in [0.3, 0.4) is 0 Å². The Kier molecular flexibility index (Phi) is 4.63. The highest BCUT2D eigenvalue weighted by Gasteiger charge is 2.17. The van der Waals surface area contributed by atoms with Crippen molar-refractivity contribution in [2.75, 3.05) is 6.54 Å². The van der Waals surface area contributed by atoms with Crippen LogP contribution in [0.25, 0.3) is 5.69 Å². The standard InChI is InChI=1S/C12H10BrF3N4O/c13-8-1-9(15)11(10(16)2-8)19-6-18-20(12(19)21)5-7(3-14)4-17/h1-3,6H,4-5,17H2/b7-3+. The number of aromatic nitrogens is 3. The fraction of sp³-hybridized carbons (Fsp3) is 0.167. The summed E-state index contributed by atoms with van der Waals surface area (Å²) in [4.78, 5) is 12.1. The van der Waals surface area contributed by atoms with Gasteiger partial charge in [0.2, 0.25) is 0 Å². The third-order valence-corrected chi connectivity index (χ3v) is 3.18. The number of hydrogen-bond donors (Lipinski definition) is 1. The summed E-state index contributed by atoms with van der Waals surface area (Å²) in [6.45, 7) is -0.296. The van der Waals surface area contributed by atoms with Gasteiger partial charge in [0, 0.05) is 11.0 Å². The van der Waals surface area contributed by atoms with Gasteiger partial charge in [-0.1, -0.05) is 15.9 Å². The Hall–Kier alpha value is -1.87.